The highest BCUT2D eigenvalue weighted by molar-refractivity contribution is 6.02. The highest BCUT2D eigenvalue weighted by Gasteiger charge is 2.16. The summed E-state index contributed by atoms with van der Waals surface area (Å²) in [4.78, 5) is 33.2. The molecule has 0 fully saturated rings. The molecule has 0 aromatic heterocycles. The molecule has 0 saturated heterocycles. The molecule has 7 heteroatoms. The van der Waals surface area contributed by atoms with Crippen LogP contribution in [0.25, 0.3) is 0 Å². The van der Waals surface area contributed by atoms with Gasteiger partial charge >= 0.3 is 12.1 Å². The van der Waals surface area contributed by atoms with Gasteiger partial charge in [-0.2, -0.15) is 0 Å². The second-order valence-electron chi connectivity index (χ2n) is 5.37. The summed E-state index contributed by atoms with van der Waals surface area (Å²) in [5.41, 5.74) is 0.386. The van der Waals surface area contributed by atoms with Gasteiger partial charge in [-0.15, -0.1) is 0 Å². The number of carboxylic acids is 1. The summed E-state index contributed by atoms with van der Waals surface area (Å²) in [5.74, 6) is -1.76. The molecule has 0 aliphatic carbocycles. The smallest absolute Gasteiger partial charge is 0.412 e. The third kappa shape index (κ3) is 7.09. The van der Waals surface area contributed by atoms with Crippen LogP contribution in [0.15, 0.2) is 36.4 Å². The molecule has 7 nitrogen and oxygen atoms in total. The number of carbonyl (C=O) groups excluding carboxylic acids is 2. The molecular formula is C15H18N2O5. The van der Waals surface area contributed by atoms with E-state index in [1.165, 1.54) is 0 Å². The van der Waals surface area contributed by atoms with E-state index in [-0.39, 0.29) is 0 Å². The lowest BCUT2D eigenvalue weighted by molar-refractivity contribution is -0.131. The molecule has 0 spiro atoms. The molecule has 1 aromatic carbocycles. The van der Waals surface area contributed by atoms with Crippen LogP contribution in [0.3, 0.4) is 0 Å². The van der Waals surface area contributed by atoms with E-state index in [1.54, 1.807) is 45.0 Å². The molecule has 1 rings (SSSR count). The van der Waals surface area contributed by atoms with Crippen molar-refractivity contribution < 1.29 is 24.2 Å². The first kappa shape index (κ1) is 17.2. The number of anilines is 2. The average molecular weight is 306 g/mol. The molecule has 0 bridgehead atoms. The molecule has 2 amide bonds. The molecule has 0 unspecified atom stereocenters. The minimum Gasteiger partial charge on any atom is -0.478 e. The fraction of sp³-hybridized carbons (Fsp3) is 0.267. The number of nitrogens with one attached hydrogen (secondary N) is 2. The standard InChI is InChI=1S/C15H18N2O5/c1-15(2,3)22-14(21)17-11-6-4-10(5-7-11)16-12(18)8-9-13(19)20/h4-9H,1-3H3,(H,16,18)(H,17,21)(H,19,20). The van der Waals surface area contributed by atoms with E-state index in [2.05, 4.69) is 10.6 Å². The second kappa shape index (κ2) is 7.26. The minimum absolute atomic E-state index is 0.467. The third-order valence-corrected chi connectivity index (χ3v) is 2.18. The van der Waals surface area contributed by atoms with Crippen LogP contribution in [-0.4, -0.2) is 28.7 Å². The Hall–Kier alpha value is -2.83. The van der Waals surface area contributed by atoms with Crippen LogP contribution in [0, 0.1) is 0 Å². The number of rotatable bonds is 4. The van der Waals surface area contributed by atoms with Gasteiger partial charge in [0, 0.05) is 23.5 Å². The van der Waals surface area contributed by atoms with Gasteiger partial charge in [0.2, 0.25) is 5.91 Å². The molecule has 22 heavy (non-hydrogen) atoms. The van der Waals surface area contributed by atoms with Crippen molar-refractivity contribution in [2.24, 2.45) is 0 Å². The van der Waals surface area contributed by atoms with Crippen molar-refractivity contribution in [1.82, 2.24) is 0 Å². The van der Waals surface area contributed by atoms with Gasteiger partial charge in [-0.05, 0) is 45.0 Å². The summed E-state index contributed by atoms with van der Waals surface area (Å²) < 4.78 is 5.11. The maximum Gasteiger partial charge on any atom is 0.412 e. The van der Waals surface area contributed by atoms with Gasteiger partial charge in [0.1, 0.15) is 5.60 Å². The van der Waals surface area contributed by atoms with Crippen molar-refractivity contribution in [2.45, 2.75) is 26.4 Å². The van der Waals surface area contributed by atoms with E-state index in [0.717, 1.165) is 12.2 Å². The van der Waals surface area contributed by atoms with Crippen molar-refractivity contribution in [2.75, 3.05) is 10.6 Å². The number of carboxylic acid groups (broad SMARTS) is 1. The summed E-state index contributed by atoms with van der Waals surface area (Å²) in [6.07, 6.45) is 1.08. The van der Waals surface area contributed by atoms with Crippen molar-refractivity contribution >= 4 is 29.3 Å². The first-order valence-electron chi connectivity index (χ1n) is 6.48. The molecule has 0 radical (unpaired) electrons. The van der Waals surface area contributed by atoms with Crippen molar-refractivity contribution in [3.63, 3.8) is 0 Å². The lowest BCUT2D eigenvalue weighted by Gasteiger charge is -2.19. The number of benzene rings is 1. The molecule has 118 valence electrons. The molecule has 0 saturated carbocycles. The Morgan fingerprint density at radius 2 is 1.50 bits per heavy atom. The SMILES string of the molecule is CC(C)(C)OC(=O)Nc1ccc(NC(=O)C=CC(=O)O)cc1. The number of hydrogen-bond donors (Lipinski definition) is 3. The quantitative estimate of drug-likeness (QED) is 0.742. The van der Waals surface area contributed by atoms with Gasteiger partial charge < -0.3 is 15.2 Å². The Kier molecular flexibility index (Phi) is 5.68. The van der Waals surface area contributed by atoms with Crippen LogP contribution in [0.5, 0.6) is 0 Å². The molecule has 0 heterocycles. The summed E-state index contributed by atoms with van der Waals surface area (Å²) in [5, 5.41) is 13.4. The largest absolute Gasteiger partial charge is 0.478 e. The average Bonchev–Trinajstić information content (AvgIpc) is 2.36. The van der Waals surface area contributed by atoms with E-state index in [9.17, 15) is 14.4 Å². The zero-order valence-electron chi connectivity index (χ0n) is 12.5. The van der Waals surface area contributed by atoms with Crippen LogP contribution in [0.1, 0.15) is 20.8 Å². The van der Waals surface area contributed by atoms with E-state index < -0.39 is 23.6 Å². The molecular weight excluding hydrogens is 288 g/mol. The Morgan fingerprint density at radius 3 is 1.95 bits per heavy atom. The van der Waals surface area contributed by atoms with Crippen molar-refractivity contribution in [1.29, 1.82) is 0 Å². The van der Waals surface area contributed by atoms with Gasteiger partial charge in [-0.3, -0.25) is 10.1 Å². The number of ether oxygens (including phenoxy) is 1. The lowest BCUT2D eigenvalue weighted by atomic mass is 10.2. The number of amides is 2. The first-order valence-corrected chi connectivity index (χ1v) is 6.48. The summed E-state index contributed by atoms with van der Waals surface area (Å²) in [6.45, 7) is 5.28. The Bertz CT molecular complexity index is 585. The number of aliphatic carboxylic acids is 1. The van der Waals surface area contributed by atoms with E-state index >= 15 is 0 Å². The predicted molar refractivity (Wildman–Crippen MR) is 81.7 cm³/mol. The maximum absolute atomic E-state index is 11.6. The zero-order chi connectivity index (χ0) is 16.8. The van der Waals surface area contributed by atoms with Gasteiger partial charge in [-0.1, -0.05) is 0 Å². The summed E-state index contributed by atoms with van der Waals surface area (Å²) >= 11 is 0. The van der Waals surface area contributed by atoms with Crippen LogP contribution in [0.2, 0.25) is 0 Å². The Balaban J connectivity index is 2.58. The number of carbonyl (C=O) groups is 3. The topological polar surface area (TPSA) is 105 Å². The molecule has 1 aromatic rings. The van der Waals surface area contributed by atoms with E-state index in [0.29, 0.717) is 11.4 Å². The van der Waals surface area contributed by atoms with E-state index in [1.807, 2.05) is 0 Å². The molecule has 0 atom stereocenters. The lowest BCUT2D eigenvalue weighted by Crippen LogP contribution is -2.27. The Morgan fingerprint density at radius 1 is 1.00 bits per heavy atom. The molecule has 0 aliphatic rings. The van der Waals surface area contributed by atoms with Crippen LogP contribution < -0.4 is 10.6 Å². The van der Waals surface area contributed by atoms with Gasteiger partial charge in [-0.25, -0.2) is 9.59 Å². The summed E-state index contributed by atoms with van der Waals surface area (Å²) in [6, 6.07) is 6.30. The van der Waals surface area contributed by atoms with Crippen LogP contribution in [-0.2, 0) is 14.3 Å². The molecule has 3 N–H and O–H groups in total. The normalized spacial score (nSPS) is 11.0. The van der Waals surface area contributed by atoms with Crippen LogP contribution in [0.4, 0.5) is 16.2 Å². The zero-order valence-corrected chi connectivity index (χ0v) is 12.5. The number of hydrogen-bond acceptors (Lipinski definition) is 4. The second-order valence-corrected chi connectivity index (χ2v) is 5.37. The predicted octanol–water partition coefficient (Wildman–Crippen LogP) is 2.61. The minimum atomic E-state index is -1.20. The van der Waals surface area contributed by atoms with Crippen molar-refractivity contribution in [3.8, 4) is 0 Å². The highest BCUT2D eigenvalue weighted by atomic mass is 16.6. The maximum atomic E-state index is 11.6. The van der Waals surface area contributed by atoms with E-state index in [4.69, 9.17) is 9.84 Å². The van der Waals surface area contributed by atoms with Crippen molar-refractivity contribution in [3.05, 3.63) is 36.4 Å². The van der Waals surface area contributed by atoms with Gasteiger partial charge in [0.25, 0.3) is 0 Å². The third-order valence-electron chi connectivity index (χ3n) is 2.18. The Labute approximate surface area is 128 Å². The van der Waals surface area contributed by atoms with Gasteiger partial charge in [0.15, 0.2) is 0 Å². The van der Waals surface area contributed by atoms with Crippen LogP contribution >= 0.6 is 0 Å². The fourth-order valence-electron chi connectivity index (χ4n) is 1.39. The van der Waals surface area contributed by atoms with Gasteiger partial charge in [0.05, 0.1) is 0 Å². The first-order chi connectivity index (χ1) is 10.2. The fourth-order valence-corrected chi connectivity index (χ4v) is 1.39. The highest BCUT2D eigenvalue weighted by Crippen LogP contribution is 2.15. The molecule has 0 aliphatic heterocycles. The monoisotopic (exact) mass is 306 g/mol. The summed E-state index contributed by atoms with van der Waals surface area (Å²) in [7, 11) is 0.